The summed E-state index contributed by atoms with van der Waals surface area (Å²) in [5, 5.41) is 1.96. The van der Waals surface area contributed by atoms with Crippen molar-refractivity contribution in [3.05, 3.63) is 83.1 Å². The SMILES string of the molecule is CC1=C(C(=O)c2ccccc2)C(NC(=O)C2CC2)(C(F)(F)F)C(=O)N1Cc1ccccc1. The Morgan fingerprint density at radius 1 is 1.03 bits per heavy atom. The number of hydrogen-bond donors (Lipinski definition) is 1. The summed E-state index contributed by atoms with van der Waals surface area (Å²) >= 11 is 0. The fourth-order valence-corrected chi connectivity index (χ4v) is 3.98. The fraction of sp³-hybridized carbons (Fsp3) is 0.292. The molecule has 2 aromatic carbocycles. The van der Waals surface area contributed by atoms with Crippen LogP contribution in [0.2, 0.25) is 0 Å². The van der Waals surface area contributed by atoms with Gasteiger partial charge in [-0.2, -0.15) is 13.2 Å². The summed E-state index contributed by atoms with van der Waals surface area (Å²) in [5.41, 5.74) is -3.71. The first kappa shape index (κ1) is 21.8. The van der Waals surface area contributed by atoms with Crippen molar-refractivity contribution in [2.24, 2.45) is 5.92 Å². The van der Waals surface area contributed by atoms with Gasteiger partial charge in [0.2, 0.25) is 11.4 Å². The van der Waals surface area contributed by atoms with E-state index >= 15 is 0 Å². The smallest absolute Gasteiger partial charge is 0.330 e. The highest BCUT2D eigenvalue weighted by Gasteiger charge is 2.70. The van der Waals surface area contributed by atoms with Crippen molar-refractivity contribution >= 4 is 17.6 Å². The number of nitrogens with one attached hydrogen (secondary N) is 1. The lowest BCUT2D eigenvalue weighted by molar-refractivity contribution is -0.193. The number of benzene rings is 2. The van der Waals surface area contributed by atoms with Crippen LogP contribution in [-0.2, 0) is 16.1 Å². The normalized spacial score (nSPS) is 21.1. The molecule has 0 bridgehead atoms. The third kappa shape index (κ3) is 3.59. The molecule has 166 valence electrons. The lowest BCUT2D eigenvalue weighted by Crippen LogP contribution is -2.66. The van der Waals surface area contributed by atoms with Crippen LogP contribution in [0.1, 0.15) is 35.7 Å². The molecule has 1 heterocycles. The van der Waals surface area contributed by atoms with Crippen molar-refractivity contribution in [1.29, 1.82) is 0 Å². The Labute approximate surface area is 182 Å². The van der Waals surface area contributed by atoms with Gasteiger partial charge >= 0.3 is 6.18 Å². The van der Waals surface area contributed by atoms with Crippen molar-refractivity contribution in [3.8, 4) is 0 Å². The Morgan fingerprint density at radius 3 is 2.12 bits per heavy atom. The fourth-order valence-electron chi connectivity index (χ4n) is 3.98. The second-order valence-electron chi connectivity index (χ2n) is 8.04. The highest BCUT2D eigenvalue weighted by molar-refractivity contribution is 6.19. The molecule has 0 saturated heterocycles. The molecule has 2 aliphatic rings. The van der Waals surface area contributed by atoms with Gasteiger partial charge < -0.3 is 10.2 Å². The number of Topliss-reactive ketones (excluding diaryl/α,β-unsaturated/α-hetero) is 1. The molecule has 1 atom stereocenters. The first-order valence-electron chi connectivity index (χ1n) is 10.2. The second-order valence-corrected chi connectivity index (χ2v) is 8.04. The van der Waals surface area contributed by atoms with E-state index in [1.54, 1.807) is 36.4 Å². The van der Waals surface area contributed by atoms with Crippen LogP contribution in [-0.4, -0.2) is 34.2 Å². The van der Waals surface area contributed by atoms with Gasteiger partial charge in [-0.1, -0.05) is 60.7 Å². The van der Waals surface area contributed by atoms with Crippen LogP contribution in [0.5, 0.6) is 0 Å². The minimum absolute atomic E-state index is 0.00510. The summed E-state index contributed by atoms with van der Waals surface area (Å²) in [6.07, 6.45) is -4.32. The van der Waals surface area contributed by atoms with E-state index in [0.717, 1.165) is 4.90 Å². The molecule has 2 aromatic rings. The lowest BCUT2D eigenvalue weighted by Gasteiger charge is -2.33. The molecule has 4 rings (SSSR count). The Bertz CT molecular complexity index is 1090. The van der Waals surface area contributed by atoms with E-state index in [2.05, 4.69) is 0 Å². The molecule has 2 amide bonds. The summed E-state index contributed by atoms with van der Waals surface area (Å²) in [6, 6.07) is 16.0. The number of carbonyl (C=O) groups is 3. The van der Waals surface area contributed by atoms with Gasteiger partial charge in [0.25, 0.3) is 5.91 Å². The molecule has 0 spiro atoms. The number of rotatable bonds is 6. The number of amides is 2. The molecule has 1 fully saturated rings. The molecule has 1 aliphatic heterocycles. The van der Waals surface area contributed by atoms with Crippen LogP contribution < -0.4 is 5.32 Å². The summed E-state index contributed by atoms with van der Waals surface area (Å²) in [7, 11) is 0. The van der Waals surface area contributed by atoms with Gasteiger partial charge in [-0.25, -0.2) is 0 Å². The second kappa shape index (κ2) is 7.93. The third-order valence-corrected chi connectivity index (χ3v) is 5.84. The largest absolute Gasteiger partial charge is 0.425 e. The molecule has 1 unspecified atom stereocenters. The van der Waals surface area contributed by atoms with Crippen molar-refractivity contribution < 1.29 is 27.6 Å². The summed E-state index contributed by atoms with van der Waals surface area (Å²) in [5.74, 6) is -3.78. The molecular formula is C24H21F3N2O3. The molecule has 32 heavy (non-hydrogen) atoms. The quantitative estimate of drug-likeness (QED) is 0.688. The van der Waals surface area contributed by atoms with Gasteiger partial charge in [0.05, 0.1) is 12.1 Å². The number of hydrogen-bond acceptors (Lipinski definition) is 3. The summed E-state index contributed by atoms with van der Waals surface area (Å²) < 4.78 is 44.0. The summed E-state index contributed by atoms with van der Waals surface area (Å²) in [6.45, 7) is 1.15. The van der Waals surface area contributed by atoms with Crippen LogP contribution in [0.25, 0.3) is 0 Å². The van der Waals surface area contributed by atoms with E-state index in [9.17, 15) is 27.6 Å². The number of ketones is 1. The highest BCUT2D eigenvalue weighted by atomic mass is 19.4. The Kier molecular flexibility index (Phi) is 5.40. The molecule has 0 radical (unpaired) electrons. The van der Waals surface area contributed by atoms with Crippen molar-refractivity contribution in [2.45, 2.75) is 38.0 Å². The molecule has 1 saturated carbocycles. The van der Waals surface area contributed by atoms with Crippen LogP contribution in [0.3, 0.4) is 0 Å². The molecule has 1 N–H and O–H groups in total. The minimum Gasteiger partial charge on any atom is -0.330 e. The zero-order chi connectivity index (χ0) is 23.1. The van der Waals surface area contributed by atoms with Crippen LogP contribution >= 0.6 is 0 Å². The average Bonchev–Trinajstić information content (AvgIpc) is 3.59. The number of alkyl halides is 3. The first-order chi connectivity index (χ1) is 15.2. The topological polar surface area (TPSA) is 66.5 Å². The number of halogens is 3. The van der Waals surface area contributed by atoms with Gasteiger partial charge in [-0.15, -0.1) is 0 Å². The summed E-state index contributed by atoms with van der Waals surface area (Å²) in [4.78, 5) is 40.2. The Hall–Kier alpha value is -3.42. The van der Waals surface area contributed by atoms with Gasteiger partial charge in [0, 0.05) is 17.2 Å². The van der Waals surface area contributed by atoms with E-state index in [1.165, 1.54) is 31.2 Å². The van der Waals surface area contributed by atoms with Gasteiger partial charge in [-0.3, -0.25) is 14.4 Å². The maximum atomic E-state index is 14.7. The maximum Gasteiger partial charge on any atom is 0.425 e. The molecule has 1 aliphatic carbocycles. The standard InChI is InChI=1S/C24H21F3N2O3/c1-15-19(20(30)17-10-6-3-7-11-17)23(24(25,26)27,28-21(31)18-12-13-18)22(32)29(15)14-16-8-4-2-5-9-16/h2-11,18H,12-14H2,1H3,(H,28,31). The van der Waals surface area contributed by atoms with Crippen molar-refractivity contribution in [1.82, 2.24) is 10.2 Å². The predicted molar refractivity (Wildman–Crippen MR) is 110 cm³/mol. The Balaban J connectivity index is 1.87. The zero-order valence-corrected chi connectivity index (χ0v) is 17.3. The van der Waals surface area contributed by atoms with E-state index < -0.39 is 40.8 Å². The lowest BCUT2D eigenvalue weighted by atomic mass is 9.84. The van der Waals surface area contributed by atoms with Crippen LogP contribution in [0.15, 0.2) is 71.9 Å². The van der Waals surface area contributed by atoms with Gasteiger partial charge in [0.15, 0.2) is 5.78 Å². The minimum atomic E-state index is -5.22. The predicted octanol–water partition coefficient (Wildman–Crippen LogP) is 4.01. The molecule has 0 aromatic heterocycles. The van der Waals surface area contributed by atoms with Crippen molar-refractivity contribution in [2.75, 3.05) is 0 Å². The van der Waals surface area contributed by atoms with Crippen LogP contribution in [0.4, 0.5) is 13.2 Å². The van der Waals surface area contributed by atoms with Crippen molar-refractivity contribution in [3.63, 3.8) is 0 Å². The van der Waals surface area contributed by atoms with Crippen LogP contribution in [0, 0.1) is 5.92 Å². The first-order valence-corrected chi connectivity index (χ1v) is 10.2. The number of carbonyl (C=O) groups excluding carboxylic acids is 3. The number of nitrogens with zero attached hydrogens (tertiary/aromatic N) is 1. The maximum absolute atomic E-state index is 14.7. The number of allylic oxidation sites excluding steroid dienone is 1. The van der Waals surface area contributed by atoms with Gasteiger partial charge in [0.1, 0.15) is 0 Å². The zero-order valence-electron chi connectivity index (χ0n) is 17.3. The molecule has 8 heteroatoms. The molecule has 5 nitrogen and oxygen atoms in total. The molecular weight excluding hydrogens is 421 g/mol. The average molecular weight is 442 g/mol. The van der Waals surface area contributed by atoms with E-state index in [4.69, 9.17) is 0 Å². The van der Waals surface area contributed by atoms with E-state index in [-0.39, 0.29) is 17.8 Å². The van der Waals surface area contributed by atoms with E-state index in [1.807, 2.05) is 5.32 Å². The van der Waals surface area contributed by atoms with E-state index in [0.29, 0.717) is 18.4 Å². The third-order valence-electron chi connectivity index (χ3n) is 5.84. The highest BCUT2D eigenvalue weighted by Crippen LogP contribution is 2.47. The Morgan fingerprint density at radius 2 is 1.59 bits per heavy atom. The monoisotopic (exact) mass is 442 g/mol. The van der Waals surface area contributed by atoms with Gasteiger partial charge in [-0.05, 0) is 25.3 Å².